The fourth-order valence-corrected chi connectivity index (χ4v) is 3.94. The number of aliphatic carboxylic acids is 1. The van der Waals surface area contributed by atoms with Crippen molar-refractivity contribution >= 4 is 18.0 Å². The molecule has 0 unspecified atom stereocenters. The molecule has 33 heavy (non-hydrogen) atoms. The highest BCUT2D eigenvalue weighted by atomic mass is 16.6. The Bertz CT molecular complexity index is 1130. The van der Waals surface area contributed by atoms with Crippen LogP contribution in [0.5, 0.6) is 0 Å². The number of benzene rings is 3. The average Bonchev–Trinajstić information content (AvgIpc) is 3.14. The number of hydrogen-bond donors (Lipinski definition) is 2. The fourth-order valence-electron chi connectivity index (χ4n) is 3.94. The molecule has 0 aliphatic heterocycles. The molecule has 0 radical (unpaired) electrons. The van der Waals surface area contributed by atoms with E-state index in [9.17, 15) is 14.4 Å². The molecule has 0 fully saturated rings. The van der Waals surface area contributed by atoms with Gasteiger partial charge in [0.1, 0.15) is 19.8 Å². The Morgan fingerprint density at radius 3 is 1.97 bits per heavy atom. The number of alkyl carbamates (subject to hydrolysis) is 1. The summed E-state index contributed by atoms with van der Waals surface area (Å²) in [5.74, 6) is -1.56. The molecule has 1 amide bonds. The van der Waals surface area contributed by atoms with Crippen molar-refractivity contribution in [2.24, 2.45) is 0 Å². The molecule has 168 valence electrons. The quantitative estimate of drug-likeness (QED) is 0.510. The van der Waals surface area contributed by atoms with Crippen molar-refractivity contribution < 1.29 is 29.0 Å². The van der Waals surface area contributed by atoms with Crippen LogP contribution in [-0.2, 0) is 32.1 Å². The van der Waals surface area contributed by atoms with Crippen LogP contribution in [0.2, 0.25) is 0 Å². The second kappa shape index (κ2) is 9.99. The third kappa shape index (κ3) is 5.38. The highest BCUT2D eigenvalue weighted by Gasteiger charge is 2.29. The molecule has 1 aliphatic carbocycles. The second-order valence-corrected chi connectivity index (χ2v) is 7.73. The van der Waals surface area contributed by atoms with Gasteiger partial charge in [-0.3, -0.25) is 9.59 Å². The molecule has 0 bridgehead atoms. The number of carbonyl (C=O) groups excluding carboxylic acids is 2. The molecule has 3 aromatic carbocycles. The van der Waals surface area contributed by atoms with E-state index in [4.69, 9.17) is 14.6 Å². The van der Waals surface area contributed by atoms with Crippen molar-refractivity contribution in [2.75, 3.05) is 13.2 Å². The van der Waals surface area contributed by atoms with E-state index >= 15 is 0 Å². The van der Waals surface area contributed by atoms with Crippen LogP contribution in [0.1, 0.15) is 28.2 Å². The number of carboxylic acids is 1. The topological polar surface area (TPSA) is 102 Å². The molecule has 7 heteroatoms. The molecule has 2 N–H and O–H groups in total. The molecule has 3 aromatic rings. The SMILES string of the molecule is O=C(O)Cc1ccc(COC(=O)CNC(=O)OCC2c3ccccc3-c3ccccc32)cc1. The van der Waals surface area contributed by atoms with Crippen molar-refractivity contribution in [3.05, 3.63) is 95.1 Å². The van der Waals surface area contributed by atoms with E-state index in [1.807, 2.05) is 36.4 Å². The van der Waals surface area contributed by atoms with Gasteiger partial charge in [0.05, 0.1) is 6.42 Å². The maximum Gasteiger partial charge on any atom is 0.407 e. The molecule has 0 heterocycles. The molecule has 0 spiro atoms. The van der Waals surface area contributed by atoms with Gasteiger partial charge in [-0.15, -0.1) is 0 Å². The van der Waals surface area contributed by atoms with Crippen LogP contribution in [0.25, 0.3) is 11.1 Å². The number of ether oxygens (including phenoxy) is 2. The van der Waals surface area contributed by atoms with E-state index in [-0.39, 0.29) is 32.1 Å². The zero-order valence-electron chi connectivity index (χ0n) is 17.8. The Balaban J connectivity index is 1.23. The first-order valence-electron chi connectivity index (χ1n) is 10.6. The zero-order valence-corrected chi connectivity index (χ0v) is 17.8. The van der Waals surface area contributed by atoms with Gasteiger partial charge in [-0.25, -0.2) is 4.79 Å². The number of fused-ring (bicyclic) bond motifs is 3. The number of nitrogens with one attached hydrogen (secondary N) is 1. The third-order valence-electron chi connectivity index (χ3n) is 5.50. The first-order chi connectivity index (χ1) is 16.0. The third-order valence-corrected chi connectivity index (χ3v) is 5.50. The number of hydrogen-bond acceptors (Lipinski definition) is 5. The van der Waals surface area contributed by atoms with Gasteiger partial charge < -0.3 is 19.9 Å². The van der Waals surface area contributed by atoms with Crippen molar-refractivity contribution in [3.8, 4) is 11.1 Å². The van der Waals surface area contributed by atoms with E-state index in [1.165, 1.54) is 0 Å². The van der Waals surface area contributed by atoms with E-state index in [2.05, 4.69) is 17.4 Å². The smallest absolute Gasteiger partial charge is 0.407 e. The van der Waals surface area contributed by atoms with Crippen molar-refractivity contribution in [2.45, 2.75) is 18.9 Å². The minimum absolute atomic E-state index is 0.0263. The monoisotopic (exact) mass is 445 g/mol. The maximum atomic E-state index is 12.1. The molecule has 7 nitrogen and oxygen atoms in total. The van der Waals surface area contributed by atoms with Crippen molar-refractivity contribution in [3.63, 3.8) is 0 Å². The van der Waals surface area contributed by atoms with E-state index in [1.54, 1.807) is 24.3 Å². The van der Waals surface area contributed by atoms with Gasteiger partial charge >= 0.3 is 18.0 Å². The standard InChI is InChI=1S/C26H23NO6/c28-24(29)13-17-9-11-18(12-10-17)15-32-25(30)14-27-26(31)33-16-23-21-7-3-1-5-19(21)20-6-2-4-8-22(20)23/h1-12,23H,13-16H2,(H,27,31)(H,28,29). The van der Waals surface area contributed by atoms with E-state index < -0.39 is 18.0 Å². The molecule has 0 aromatic heterocycles. The Hall–Kier alpha value is -4.13. The van der Waals surface area contributed by atoms with Crippen LogP contribution in [0.3, 0.4) is 0 Å². The van der Waals surface area contributed by atoms with Crippen LogP contribution >= 0.6 is 0 Å². The summed E-state index contributed by atoms with van der Waals surface area (Å²) >= 11 is 0. The molecular formula is C26H23NO6. The summed E-state index contributed by atoms with van der Waals surface area (Å²) in [6.07, 6.45) is -0.753. The van der Waals surface area contributed by atoms with E-state index in [0.717, 1.165) is 27.8 Å². The van der Waals surface area contributed by atoms with Gasteiger partial charge in [0.25, 0.3) is 0 Å². The Kier molecular flexibility index (Phi) is 6.69. The first kappa shape index (κ1) is 22.1. The molecule has 0 atom stereocenters. The highest BCUT2D eigenvalue weighted by molar-refractivity contribution is 5.80. The molecular weight excluding hydrogens is 422 g/mol. The number of esters is 1. The number of rotatable bonds is 8. The van der Waals surface area contributed by atoms with Gasteiger partial charge in [-0.2, -0.15) is 0 Å². The summed E-state index contributed by atoms with van der Waals surface area (Å²) in [5.41, 5.74) is 5.89. The summed E-state index contributed by atoms with van der Waals surface area (Å²) in [4.78, 5) is 34.8. The van der Waals surface area contributed by atoms with Crippen LogP contribution < -0.4 is 5.32 Å². The summed E-state index contributed by atoms with van der Waals surface area (Å²) in [6.45, 7) is -0.121. The minimum atomic E-state index is -0.909. The van der Waals surface area contributed by atoms with Crippen LogP contribution in [0.15, 0.2) is 72.8 Å². The van der Waals surface area contributed by atoms with Crippen LogP contribution in [-0.4, -0.2) is 36.3 Å². The second-order valence-electron chi connectivity index (χ2n) is 7.73. The van der Waals surface area contributed by atoms with Crippen molar-refractivity contribution in [1.29, 1.82) is 0 Å². The molecule has 0 saturated heterocycles. The lowest BCUT2D eigenvalue weighted by atomic mass is 9.98. The Morgan fingerprint density at radius 2 is 1.36 bits per heavy atom. The Labute approximate surface area is 191 Å². The number of carbonyl (C=O) groups is 3. The lowest BCUT2D eigenvalue weighted by molar-refractivity contribution is -0.143. The fraction of sp³-hybridized carbons (Fsp3) is 0.192. The summed E-state index contributed by atoms with van der Waals surface area (Å²) in [6, 6.07) is 22.8. The predicted octanol–water partition coefficient (Wildman–Crippen LogP) is 3.90. The predicted molar refractivity (Wildman–Crippen MR) is 121 cm³/mol. The highest BCUT2D eigenvalue weighted by Crippen LogP contribution is 2.44. The molecule has 1 aliphatic rings. The minimum Gasteiger partial charge on any atom is -0.481 e. The molecule has 0 saturated carbocycles. The molecule has 4 rings (SSSR count). The van der Waals surface area contributed by atoms with Crippen molar-refractivity contribution in [1.82, 2.24) is 5.32 Å². The largest absolute Gasteiger partial charge is 0.481 e. The average molecular weight is 445 g/mol. The lowest BCUT2D eigenvalue weighted by Crippen LogP contribution is -2.32. The van der Waals surface area contributed by atoms with E-state index in [0.29, 0.717) is 5.56 Å². The van der Waals surface area contributed by atoms with Gasteiger partial charge in [0.2, 0.25) is 0 Å². The maximum absolute atomic E-state index is 12.1. The lowest BCUT2D eigenvalue weighted by Gasteiger charge is -2.14. The van der Waals surface area contributed by atoms with Gasteiger partial charge in [0.15, 0.2) is 0 Å². The summed E-state index contributed by atoms with van der Waals surface area (Å²) in [7, 11) is 0. The zero-order chi connectivity index (χ0) is 23.2. The van der Waals surface area contributed by atoms with Crippen LogP contribution in [0.4, 0.5) is 4.79 Å². The van der Waals surface area contributed by atoms with Gasteiger partial charge in [-0.1, -0.05) is 72.8 Å². The number of amides is 1. The van der Waals surface area contributed by atoms with Crippen LogP contribution in [0, 0.1) is 0 Å². The normalized spacial score (nSPS) is 11.9. The number of carboxylic acid groups (broad SMARTS) is 1. The van der Waals surface area contributed by atoms with Gasteiger partial charge in [-0.05, 0) is 33.4 Å². The first-order valence-corrected chi connectivity index (χ1v) is 10.6. The summed E-state index contributed by atoms with van der Waals surface area (Å²) in [5, 5.41) is 11.2. The summed E-state index contributed by atoms with van der Waals surface area (Å²) < 4.78 is 10.5. The Morgan fingerprint density at radius 1 is 0.788 bits per heavy atom. The van der Waals surface area contributed by atoms with Gasteiger partial charge in [0, 0.05) is 5.92 Å².